The van der Waals surface area contributed by atoms with Crippen LogP contribution in [-0.2, 0) is 16.0 Å². The lowest BCUT2D eigenvalue weighted by Crippen LogP contribution is -2.38. The number of hydrogen-bond acceptors (Lipinski definition) is 5. The van der Waals surface area contributed by atoms with Gasteiger partial charge in [-0.2, -0.15) is 0 Å². The van der Waals surface area contributed by atoms with Crippen LogP contribution in [0.5, 0.6) is 11.5 Å². The second kappa shape index (κ2) is 12.9. The molecule has 8 heteroatoms. The van der Waals surface area contributed by atoms with Crippen molar-refractivity contribution in [2.75, 3.05) is 32.9 Å². The van der Waals surface area contributed by atoms with Gasteiger partial charge in [-0.3, -0.25) is 4.98 Å². The molecule has 0 aliphatic carbocycles. The number of nitrogens with zero attached hydrogens (tertiary/aromatic N) is 2. The van der Waals surface area contributed by atoms with Crippen LogP contribution in [0.4, 0.5) is 4.39 Å². The molecular formula is C23H31FN4O3. The Morgan fingerprint density at radius 2 is 2.26 bits per heavy atom. The Morgan fingerprint density at radius 1 is 1.32 bits per heavy atom. The average molecular weight is 431 g/mol. The molecule has 2 aromatic rings. The van der Waals surface area contributed by atoms with E-state index in [1.807, 2.05) is 6.92 Å². The molecule has 1 aromatic carbocycles. The molecule has 0 bridgehead atoms. The first-order valence-corrected chi connectivity index (χ1v) is 10.8. The van der Waals surface area contributed by atoms with Crippen molar-refractivity contribution >= 4 is 5.96 Å². The van der Waals surface area contributed by atoms with Gasteiger partial charge in [-0.05, 0) is 56.0 Å². The van der Waals surface area contributed by atoms with Crippen molar-refractivity contribution in [2.45, 2.75) is 38.8 Å². The maximum Gasteiger partial charge on any atom is 0.191 e. The van der Waals surface area contributed by atoms with Gasteiger partial charge in [-0.15, -0.1) is 0 Å². The van der Waals surface area contributed by atoms with Crippen molar-refractivity contribution in [3.05, 3.63) is 54.1 Å². The first kappa shape index (κ1) is 23.0. The van der Waals surface area contributed by atoms with Gasteiger partial charge < -0.3 is 24.8 Å². The zero-order chi connectivity index (χ0) is 21.7. The minimum absolute atomic E-state index is 0.161. The fourth-order valence-corrected chi connectivity index (χ4v) is 3.14. The summed E-state index contributed by atoms with van der Waals surface area (Å²) in [4.78, 5) is 8.50. The van der Waals surface area contributed by atoms with Gasteiger partial charge in [0.05, 0.1) is 25.5 Å². The number of benzene rings is 1. The predicted molar refractivity (Wildman–Crippen MR) is 118 cm³/mol. The van der Waals surface area contributed by atoms with E-state index in [4.69, 9.17) is 14.2 Å². The van der Waals surface area contributed by atoms with Gasteiger partial charge in [-0.25, -0.2) is 9.38 Å². The van der Waals surface area contributed by atoms with E-state index in [1.54, 1.807) is 36.7 Å². The van der Waals surface area contributed by atoms with E-state index in [9.17, 15) is 4.39 Å². The third-order valence-corrected chi connectivity index (χ3v) is 4.71. The third kappa shape index (κ3) is 8.15. The lowest BCUT2D eigenvalue weighted by Gasteiger charge is -2.13. The molecule has 1 aromatic heterocycles. The number of nitrogens with one attached hydrogen (secondary N) is 2. The van der Waals surface area contributed by atoms with Crippen molar-refractivity contribution < 1.29 is 18.6 Å². The van der Waals surface area contributed by atoms with Gasteiger partial charge in [0, 0.05) is 32.5 Å². The standard InChI is InChI=1S/C23H31FN4O3/c1-2-26-23(27-11-5-12-29-17-20-7-4-13-30-20)28-15-18-8-9-22(21(24)14-18)31-19-6-3-10-25-16-19/h3,6,8-10,14,16,20H,2,4-5,7,11-13,15,17H2,1H3,(H2,26,27,28). The van der Waals surface area contributed by atoms with Crippen molar-refractivity contribution in [3.8, 4) is 11.5 Å². The van der Waals surface area contributed by atoms with E-state index < -0.39 is 5.82 Å². The van der Waals surface area contributed by atoms with Crippen molar-refractivity contribution in [2.24, 2.45) is 4.99 Å². The molecule has 1 aliphatic heterocycles. The summed E-state index contributed by atoms with van der Waals surface area (Å²) in [6, 6.07) is 8.33. The highest BCUT2D eigenvalue weighted by molar-refractivity contribution is 5.79. The summed E-state index contributed by atoms with van der Waals surface area (Å²) in [7, 11) is 0. The van der Waals surface area contributed by atoms with Crippen LogP contribution in [0.15, 0.2) is 47.7 Å². The Labute approximate surface area is 183 Å². The molecule has 1 saturated heterocycles. The van der Waals surface area contributed by atoms with E-state index in [0.717, 1.165) is 44.5 Å². The van der Waals surface area contributed by atoms with Gasteiger partial charge in [0.15, 0.2) is 17.5 Å². The minimum Gasteiger partial charge on any atom is -0.453 e. The molecule has 1 fully saturated rings. The van der Waals surface area contributed by atoms with Crippen LogP contribution in [0.25, 0.3) is 0 Å². The number of guanidine groups is 1. The van der Waals surface area contributed by atoms with E-state index in [1.165, 1.54) is 6.07 Å². The number of aliphatic imine (C=N–C) groups is 1. The fourth-order valence-electron chi connectivity index (χ4n) is 3.14. The molecule has 2 heterocycles. The summed E-state index contributed by atoms with van der Waals surface area (Å²) in [6.45, 7) is 6.04. The van der Waals surface area contributed by atoms with Gasteiger partial charge in [0.2, 0.25) is 0 Å². The number of rotatable bonds is 11. The first-order chi connectivity index (χ1) is 15.2. The minimum atomic E-state index is -0.432. The maximum atomic E-state index is 14.4. The average Bonchev–Trinajstić information content (AvgIpc) is 3.30. The highest BCUT2D eigenvalue weighted by atomic mass is 19.1. The number of ether oxygens (including phenoxy) is 3. The first-order valence-electron chi connectivity index (χ1n) is 10.8. The van der Waals surface area contributed by atoms with Crippen LogP contribution in [0, 0.1) is 5.82 Å². The Kier molecular flexibility index (Phi) is 9.53. The molecule has 31 heavy (non-hydrogen) atoms. The molecule has 1 atom stereocenters. The molecular weight excluding hydrogens is 399 g/mol. The second-order valence-electron chi connectivity index (χ2n) is 7.24. The number of aromatic nitrogens is 1. The normalized spacial score (nSPS) is 16.3. The van der Waals surface area contributed by atoms with Crippen molar-refractivity contribution in [1.82, 2.24) is 15.6 Å². The number of halogens is 1. The highest BCUT2D eigenvalue weighted by Gasteiger charge is 2.14. The zero-order valence-electron chi connectivity index (χ0n) is 18.0. The lowest BCUT2D eigenvalue weighted by atomic mass is 10.2. The number of hydrogen-bond donors (Lipinski definition) is 2. The Hall–Kier alpha value is -2.71. The van der Waals surface area contributed by atoms with E-state index in [2.05, 4.69) is 20.6 Å². The fraction of sp³-hybridized carbons (Fsp3) is 0.478. The third-order valence-electron chi connectivity index (χ3n) is 4.71. The second-order valence-corrected chi connectivity index (χ2v) is 7.24. The monoisotopic (exact) mass is 430 g/mol. The number of pyridine rings is 1. The summed E-state index contributed by atoms with van der Waals surface area (Å²) in [5, 5.41) is 6.48. The van der Waals surface area contributed by atoms with Crippen LogP contribution >= 0.6 is 0 Å². The van der Waals surface area contributed by atoms with Gasteiger partial charge in [0.1, 0.15) is 5.75 Å². The molecule has 3 rings (SSSR count). The van der Waals surface area contributed by atoms with Crippen molar-refractivity contribution in [1.29, 1.82) is 0 Å². The topological polar surface area (TPSA) is 77.0 Å². The maximum absolute atomic E-state index is 14.4. The molecule has 0 radical (unpaired) electrons. The molecule has 168 valence electrons. The van der Waals surface area contributed by atoms with Crippen LogP contribution in [0.2, 0.25) is 0 Å². The molecule has 0 amide bonds. The summed E-state index contributed by atoms with van der Waals surface area (Å²) < 4.78 is 31.1. The van der Waals surface area contributed by atoms with E-state index >= 15 is 0 Å². The van der Waals surface area contributed by atoms with Gasteiger partial charge >= 0.3 is 0 Å². The van der Waals surface area contributed by atoms with Crippen molar-refractivity contribution in [3.63, 3.8) is 0 Å². The molecule has 1 aliphatic rings. The van der Waals surface area contributed by atoms with Crippen LogP contribution in [0.1, 0.15) is 31.7 Å². The molecule has 2 N–H and O–H groups in total. The van der Waals surface area contributed by atoms with Gasteiger partial charge in [-0.1, -0.05) is 6.07 Å². The van der Waals surface area contributed by atoms with E-state index in [0.29, 0.717) is 31.5 Å². The Balaban J connectivity index is 1.42. The predicted octanol–water partition coefficient (Wildman–Crippen LogP) is 3.65. The molecule has 0 saturated carbocycles. The van der Waals surface area contributed by atoms with Gasteiger partial charge in [0.25, 0.3) is 0 Å². The quantitative estimate of drug-likeness (QED) is 0.322. The summed E-state index contributed by atoms with van der Waals surface area (Å²) in [5.41, 5.74) is 0.758. The van der Waals surface area contributed by atoms with Crippen LogP contribution in [-0.4, -0.2) is 50.0 Å². The lowest BCUT2D eigenvalue weighted by molar-refractivity contribution is 0.0168. The smallest absolute Gasteiger partial charge is 0.191 e. The summed E-state index contributed by atoms with van der Waals surface area (Å²) >= 11 is 0. The molecule has 1 unspecified atom stereocenters. The molecule has 7 nitrogen and oxygen atoms in total. The van der Waals surface area contributed by atoms with E-state index in [-0.39, 0.29) is 11.9 Å². The Bertz CT molecular complexity index is 814. The SMILES string of the molecule is CCNC(=NCc1ccc(Oc2cccnc2)c(F)c1)NCCCOCC1CCCO1. The summed E-state index contributed by atoms with van der Waals surface area (Å²) in [5.74, 6) is 0.912. The Morgan fingerprint density at radius 3 is 3.00 bits per heavy atom. The highest BCUT2D eigenvalue weighted by Crippen LogP contribution is 2.24. The molecule has 0 spiro atoms. The largest absolute Gasteiger partial charge is 0.453 e. The zero-order valence-corrected chi connectivity index (χ0v) is 18.0. The summed E-state index contributed by atoms with van der Waals surface area (Å²) in [6.07, 6.45) is 6.52. The van der Waals surface area contributed by atoms with Crippen LogP contribution in [0.3, 0.4) is 0 Å². The van der Waals surface area contributed by atoms with Crippen LogP contribution < -0.4 is 15.4 Å².